The summed E-state index contributed by atoms with van der Waals surface area (Å²) in [6.45, 7) is 0. The Labute approximate surface area is 154 Å². The van der Waals surface area contributed by atoms with Crippen LogP contribution >= 0.6 is 11.6 Å². The second-order valence-corrected chi connectivity index (χ2v) is 6.29. The maximum Gasteiger partial charge on any atom is 0.259 e. The Hall–Kier alpha value is -3.42. The largest absolute Gasteiger partial charge is 0.305 e. The lowest BCUT2D eigenvalue weighted by Gasteiger charge is -2.03. The highest BCUT2D eigenvalue weighted by molar-refractivity contribution is 6.31. The Morgan fingerprint density at radius 3 is 2.69 bits per heavy atom. The van der Waals surface area contributed by atoms with Gasteiger partial charge in [-0.2, -0.15) is 5.26 Å². The molecule has 5 heteroatoms. The normalized spacial score (nSPS) is 11.6. The molecule has 0 radical (unpaired) electrons. The Morgan fingerprint density at radius 1 is 1.08 bits per heavy atom. The number of rotatable bonds is 2. The van der Waals surface area contributed by atoms with Crippen LogP contribution in [0.4, 0.5) is 0 Å². The van der Waals surface area contributed by atoms with E-state index in [1.807, 2.05) is 42.5 Å². The van der Waals surface area contributed by atoms with Gasteiger partial charge in [-0.1, -0.05) is 48.0 Å². The zero-order valence-corrected chi connectivity index (χ0v) is 14.3. The zero-order chi connectivity index (χ0) is 18.1. The molecule has 0 fully saturated rings. The fraction of sp³-hybridized carbons (Fsp3) is 0. The summed E-state index contributed by atoms with van der Waals surface area (Å²) in [7, 11) is 0. The molecular formula is C21H12ClN3O. The molecule has 4 aromatic rings. The molecule has 124 valence electrons. The van der Waals surface area contributed by atoms with Crippen LogP contribution in [0.1, 0.15) is 11.4 Å². The standard InChI is InChI=1S/C21H12ClN3O/c22-17-7-8-18-19(11-17)24-20(25-21(18)26)16(12-23)10-13-5-6-14-3-1-2-4-15(14)9-13/h1-11H,(H,24,25,26)/b16-10+. The van der Waals surface area contributed by atoms with Crippen molar-refractivity contribution in [2.45, 2.75) is 0 Å². The number of aromatic amines is 1. The number of fused-ring (bicyclic) bond motifs is 2. The van der Waals surface area contributed by atoms with Gasteiger partial charge in [0.1, 0.15) is 6.07 Å². The molecule has 0 amide bonds. The molecule has 0 bridgehead atoms. The first kappa shape index (κ1) is 16.1. The van der Waals surface area contributed by atoms with Crippen LogP contribution in [-0.2, 0) is 0 Å². The average Bonchev–Trinajstić information content (AvgIpc) is 2.65. The van der Waals surface area contributed by atoms with Crippen molar-refractivity contribution in [2.24, 2.45) is 0 Å². The first-order valence-corrected chi connectivity index (χ1v) is 8.32. The van der Waals surface area contributed by atoms with Gasteiger partial charge in [0, 0.05) is 5.02 Å². The Bertz CT molecular complexity index is 1280. The maximum absolute atomic E-state index is 12.3. The van der Waals surface area contributed by atoms with Gasteiger partial charge < -0.3 is 4.98 Å². The van der Waals surface area contributed by atoms with Crippen molar-refractivity contribution in [3.63, 3.8) is 0 Å². The summed E-state index contributed by atoms with van der Waals surface area (Å²) in [6, 6.07) is 20.9. The zero-order valence-electron chi connectivity index (χ0n) is 13.5. The summed E-state index contributed by atoms with van der Waals surface area (Å²) in [6.07, 6.45) is 1.71. The summed E-state index contributed by atoms with van der Waals surface area (Å²) in [5.74, 6) is 0.223. The van der Waals surface area contributed by atoms with Gasteiger partial charge in [0.15, 0.2) is 5.82 Å². The minimum absolute atomic E-state index is 0.223. The Kier molecular flexibility index (Phi) is 4.00. The average molecular weight is 358 g/mol. The molecular weight excluding hydrogens is 346 g/mol. The molecule has 0 atom stereocenters. The van der Waals surface area contributed by atoms with Gasteiger partial charge >= 0.3 is 0 Å². The van der Waals surface area contributed by atoms with Crippen molar-refractivity contribution in [2.75, 3.05) is 0 Å². The highest BCUT2D eigenvalue weighted by atomic mass is 35.5. The van der Waals surface area contributed by atoms with E-state index in [9.17, 15) is 10.1 Å². The highest BCUT2D eigenvalue weighted by Gasteiger charge is 2.09. The van der Waals surface area contributed by atoms with E-state index in [4.69, 9.17) is 11.6 Å². The van der Waals surface area contributed by atoms with Crippen molar-refractivity contribution in [3.05, 3.63) is 87.4 Å². The van der Waals surface area contributed by atoms with E-state index in [-0.39, 0.29) is 17.0 Å². The van der Waals surface area contributed by atoms with Crippen LogP contribution in [0, 0.1) is 11.3 Å². The SMILES string of the molecule is N#C/C(=C\c1ccc2ccccc2c1)c1nc2cc(Cl)ccc2c(=O)[nH]1. The third-order valence-corrected chi connectivity index (χ3v) is 4.36. The summed E-state index contributed by atoms with van der Waals surface area (Å²) in [5.41, 5.74) is 1.28. The van der Waals surface area contributed by atoms with Crippen LogP contribution in [0.25, 0.3) is 33.3 Å². The molecule has 4 nitrogen and oxygen atoms in total. The number of aromatic nitrogens is 2. The molecule has 0 aliphatic heterocycles. The number of allylic oxidation sites excluding steroid dienone is 1. The minimum Gasteiger partial charge on any atom is -0.305 e. The van der Waals surface area contributed by atoms with Gasteiger partial charge in [0.25, 0.3) is 5.56 Å². The lowest BCUT2D eigenvalue weighted by Crippen LogP contribution is -2.11. The number of nitriles is 1. The van der Waals surface area contributed by atoms with Crippen molar-refractivity contribution >= 4 is 44.9 Å². The topological polar surface area (TPSA) is 69.5 Å². The summed E-state index contributed by atoms with van der Waals surface area (Å²) in [5, 5.41) is 12.7. The smallest absolute Gasteiger partial charge is 0.259 e. The number of nitrogens with one attached hydrogen (secondary N) is 1. The Morgan fingerprint density at radius 2 is 1.88 bits per heavy atom. The quantitative estimate of drug-likeness (QED) is 0.524. The molecule has 0 spiro atoms. The highest BCUT2D eigenvalue weighted by Crippen LogP contribution is 2.21. The first-order valence-electron chi connectivity index (χ1n) is 7.94. The second-order valence-electron chi connectivity index (χ2n) is 5.85. The first-order chi connectivity index (χ1) is 12.6. The van der Waals surface area contributed by atoms with Crippen molar-refractivity contribution < 1.29 is 0 Å². The van der Waals surface area contributed by atoms with E-state index >= 15 is 0 Å². The van der Waals surface area contributed by atoms with E-state index in [1.165, 1.54) is 0 Å². The van der Waals surface area contributed by atoms with Crippen LogP contribution in [0.15, 0.2) is 65.5 Å². The van der Waals surface area contributed by atoms with E-state index < -0.39 is 0 Å². The molecule has 1 N–H and O–H groups in total. The van der Waals surface area contributed by atoms with Crippen molar-refractivity contribution in [1.29, 1.82) is 5.26 Å². The molecule has 26 heavy (non-hydrogen) atoms. The van der Waals surface area contributed by atoms with Gasteiger partial charge in [-0.25, -0.2) is 4.98 Å². The second kappa shape index (κ2) is 6.47. The molecule has 3 aromatic carbocycles. The van der Waals surface area contributed by atoms with Gasteiger partial charge in [0.2, 0.25) is 0 Å². The molecule has 1 heterocycles. The third-order valence-electron chi connectivity index (χ3n) is 4.13. The fourth-order valence-corrected chi connectivity index (χ4v) is 3.02. The fourth-order valence-electron chi connectivity index (χ4n) is 2.86. The van der Waals surface area contributed by atoms with Crippen molar-refractivity contribution in [3.8, 4) is 6.07 Å². The van der Waals surface area contributed by atoms with Crippen LogP contribution < -0.4 is 5.56 Å². The number of hydrogen-bond acceptors (Lipinski definition) is 3. The molecule has 0 aliphatic rings. The number of benzene rings is 3. The van der Waals surface area contributed by atoms with E-state index in [1.54, 1.807) is 24.3 Å². The summed E-state index contributed by atoms with van der Waals surface area (Å²) in [4.78, 5) is 19.4. The van der Waals surface area contributed by atoms with Crippen LogP contribution in [0.3, 0.4) is 0 Å². The predicted octanol–water partition coefficient (Wildman–Crippen LogP) is 4.79. The van der Waals surface area contributed by atoms with Crippen molar-refractivity contribution in [1.82, 2.24) is 9.97 Å². The Balaban J connectivity index is 1.86. The molecule has 4 rings (SSSR count). The van der Waals surface area contributed by atoms with Crippen LogP contribution in [-0.4, -0.2) is 9.97 Å². The number of halogens is 1. The number of nitrogens with zero attached hydrogens (tertiary/aromatic N) is 2. The molecule has 0 saturated carbocycles. The third kappa shape index (κ3) is 2.97. The van der Waals surface area contributed by atoms with Gasteiger partial charge in [0.05, 0.1) is 16.5 Å². The molecule has 0 saturated heterocycles. The number of hydrogen-bond donors (Lipinski definition) is 1. The lowest BCUT2D eigenvalue weighted by atomic mass is 10.0. The molecule has 0 aliphatic carbocycles. The minimum atomic E-state index is -0.304. The molecule has 0 unspecified atom stereocenters. The van der Waals surface area contributed by atoms with E-state index in [2.05, 4.69) is 16.0 Å². The predicted molar refractivity (Wildman–Crippen MR) is 105 cm³/mol. The van der Waals surface area contributed by atoms with E-state index in [0.29, 0.717) is 15.9 Å². The monoisotopic (exact) mass is 357 g/mol. The van der Waals surface area contributed by atoms with Gasteiger partial charge in [-0.05, 0) is 46.7 Å². The van der Waals surface area contributed by atoms with Gasteiger partial charge in [-0.3, -0.25) is 4.79 Å². The van der Waals surface area contributed by atoms with Gasteiger partial charge in [-0.15, -0.1) is 0 Å². The maximum atomic E-state index is 12.3. The van der Waals surface area contributed by atoms with E-state index in [0.717, 1.165) is 16.3 Å². The summed E-state index contributed by atoms with van der Waals surface area (Å²) >= 11 is 5.99. The van der Waals surface area contributed by atoms with Crippen LogP contribution in [0.5, 0.6) is 0 Å². The number of H-pyrrole nitrogens is 1. The van der Waals surface area contributed by atoms with Crippen LogP contribution in [0.2, 0.25) is 5.02 Å². The summed E-state index contributed by atoms with van der Waals surface area (Å²) < 4.78 is 0. The molecule has 1 aromatic heterocycles. The lowest BCUT2D eigenvalue weighted by molar-refractivity contribution is 1.13.